The smallest absolute Gasteiger partial charge is 0.251 e. The average Bonchev–Trinajstić information content (AvgIpc) is 3.23. The number of imidazole rings is 1. The van der Waals surface area contributed by atoms with Crippen molar-refractivity contribution in [2.24, 2.45) is 7.05 Å². The molecule has 194 valence electrons. The summed E-state index contributed by atoms with van der Waals surface area (Å²) in [6.07, 6.45) is 7.41. The van der Waals surface area contributed by atoms with Crippen LogP contribution in [0.4, 0.5) is 0 Å². The van der Waals surface area contributed by atoms with Crippen LogP contribution in [0, 0.1) is 0 Å². The van der Waals surface area contributed by atoms with Gasteiger partial charge in [0.1, 0.15) is 11.9 Å². The highest BCUT2D eigenvalue weighted by molar-refractivity contribution is 5.97. The van der Waals surface area contributed by atoms with Gasteiger partial charge in [0.2, 0.25) is 5.91 Å². The minimum atomic E-state index is -0.547. The van der Waals surface area contributed by atoms with Crippen LogP contribution in [-0.2, 0) is 24.9 Å². The minimum Gasteiger partial charge on any atom is -0.352 e. The normalized spacial score (nSPS) is 12.2. The third-order valence-corrected chi connectivity index (χ3v) is 5.85. The zero-order chi connectivity index (χ0) is 25.6. The number of nitrogens with zero attached hydrogens (tertiary/aromatic N) is 3. The number of aromatic nitrogens is 2. The fraction of sp³-hybridized carbons (Fsp3) is 0.593. The van der Waals surface area contributed by atoms with Crippen molar-refractivity contribution in [2.45, 2.75) is 78.6 Å². The van der Waals surface area contributed by atoms with Gasteiger partial charge in [-0.1, -0.05) is 26.0 Å². The highest BCUT2D eigenvalue weighted by atomic mass is 16.2. The van der Waals surface area contributed by atoms with E-state index in [1.807, 2.05) is 55.9 Å². The Hall–Kier alpha value is -2.71. The van der Waals surface area contributed by atoms with E-state index in [0.29, 0.717) is 25.1 Å². The van der Waals surface area contributed by atoms with Crippen LogP contribution in [0.15, 0.2) is 36.7 Å². The lowest BCUT2D eigenvalue weighted by molar-refractivity contribution is -0.123. The van der Waals surface area contributed by atoms with Gasteiger partial charge in [-0.2, -0.15) is 0 Å². The lowest BCUT2D eigenvalue weighted by Gasteiger charge is -2.23. The van der Waals surface area contributed by atoms with E-state index in [0.717, 1.165) is 50.3 Å². The van der Waals surface area contributed by atoms with E-state index >= 15 is 0 Å². The Morgan fingerprint density at radius 3 is 2.26 bits per heavy atom. The molecule has 0 aliphatic carbocycles. The zero-order valence-corrected chi connectivity index (χ0v) is 22.1. The van der Waals surface area contributed by atoms with Gasteiger partial charge in [0.25, 0.3) is 5.91 Å². The molecule has 1 heterocycles. The van der Waals surface area contributed by atoms with Crippen molar-refractivity contribution in [3.63, 3.8) is 0 Å². The van der Waals surface area contributed by atoms with Gasteiger partial charge in [-0.15, -0.1) is 0 Å². The van der Waals surface area contributed by atoms with Crippen LogP contribution < -0.4 is 16.0 Å². The molecule has 0 unspecified atom stereocenters. The summed E-state index contributed by atoms with van der Waals surface area (Å²) in [5, 5.41) is 9.29. The fourth-order valence-corrected chi connectivity index (χ4v) is 4.04. The summed E-state index contributed by atoms with van der Waals surface area (Å²) in [4.78, 5) is 32.5. The van der Waals surface area contributed by atoms with E-state index in [9.17, 15) is 9.59 Å². The van der Waals surface area contributed by atoms with E-state index in [-0.39, 0.29) is 17.9 Å². The first-order chi connectivity index (χ1) is 16.8. The molecule has 2 amide bonds. The van der Waals surface area contributed by atoms with Gasteiger partial charge < -0.3 is 25.4 Å². The maximum Gasteiger partial charge on any atom is 0.251 e. The van der Waals surface area contributed by atoms with Gasteiger partial charge in [-0.25, -0.2) is 4.98 Å². The van der Waals surface area contributed by atoms with Crippen molar-refractivity contribution in [3.05, 3.63) is 53.6 Å². The molecule has 0 aliphatic heterocycles. The van der Waals surface area contributed by atoms with Crippen LogP contribution in [0.25, 0.3) is 0 Å². The molecular formula is C27H44N6O2. The third kappa shape index (κ3) is 10.2. The Morgan fingerprint density at radius 2 is 1.69 bits per heavy atom. The highest BCUT2D eigenvalue weighted by Crippen LogP contribution is 2.08. The number of carbonyl (C=O) groups excluding carboxylic acids is 2. The summed E-state index contributed by atoms with van der Waals surface area (Å²) >= 11 is 0. The number of nitrogens with one attached hydrogen (secondary N) is 3. The van der Waals surface area contributed by atoms with Crippen molar-refractivity contribution in [3.8, 4) is 0 Å². The molecule has 2 rings (SSSR count). The number of rotatable bonds is 16. The van der Waals surface area contributed by atoms with E-state index in [1.165, 1.54) is 0 Å². The second-order valence-electron chi connectivity index (χ2n) is 9.43. The van der Waals surface area contributed by atoms with Gasteiger partial charge in [0, 0.05) is 37.6 Å². The Kier molecular flexibility index (Phi) is 12.5. The number of amides is 2. The molecule has 1 aromatic heterocycles. The molecule has 0 fully saturated rings. The predicted octanol–water partition coefficient (Wildman–Crippen LogP) is 3.24. The Labute approximate surface area is 210 Å². The number of aryl methyl sites for hydroxylation is 1. The summed E-state index contributed by atoms with van der Waals surface area (Å²) in [7, 11) is 1.97. The van der Waals surface area contributed by atoms with Crippen LogP contribution in [0.1, 0.15) is 75.1 Å². The molecule has 0 aliphatic rings. The monoisotopic (exact) mass is 484 g/mol. The second kappa shape index (κ2) is 15.3. The topological polar surface area (TPSA) is 91.3 Å². The van der Waals surface area contributed by atoms with Gasteiger partial charge >= 0.3 is 0 Å². The molecular weight excluding hydrogens is 440 g/mol. The predicted molar refractivity (Wildman–Crippen MR) is 141 cm³/mol. The largest absolute Gasteiger partial charge is 0.352 e. The molecule has 1 atom stereocenters. The molecule has 8 nitrogen and oxygen atoms in total. The van der Waals surface area contributed by atoms with Crippen LogP contribution >= 0.6 is 0 Å². The molecule has 2 aromatic rings. The molecule has 0 radical (unpaired) electrons. The second-order valence-corrected chi connectivity index (χ2v) is 9.43. The third-order valence-electron chi connectivity index (χ3n) is 5.85. The van der Waals surface area contributed by atoms with E-state index in [2.05, 4.69) is 39.7 Å². The summed E-state index contributed by atoms with van der Waals surface area (Å²) in [5.41, 5.74) is 1.63. The lowest BCUT2D eigenvalue weighted by atomic mass is 10.1. The first-order valence-electron chi connectivity index (χ1n) is 12.9. The number of hydrogen-bond acceptors (Lipinski definition) is 5. The van der Waals surface area contributed by atoms with Gasteiger partial charge in [-0.05, 0) is 76.9 Å². The summed E-state index contributed by atoms with van der Waals surface area (Å²) in [6, 6.07) is 6.99. The number of hydrogen-bond donors (Lipinski definition) is 3. The maximum atomic E-state index is 12.9. The summed E-state index contributed by atoms with van der Waals surface area (Å²) < 4.78 is 1.98. The Morgan fingerprint density at radius 1 is 1.00 bits per heavy atom. The standard InChI is InChI=1S/C27H44N6O2/c1-6-15-33(16-7-2)17-8-9-24(27(35)30-21(3)4)31-26(34)23-12-10-22(11-13-23)19-28-20-25-29-14-18-32(25)5/h10-14,18,21,24,28H,6-9,15-17,19-20H2,1-5H3,(H,30,35)(H,31,34)/t24-/m0/s1. The number of benzene rings is 1. The lowest BCUT2D eigenvalue weighted by Crippen LogP contribution is -2.48. The van der Waals surface area contributed by atoms with Gasteiger partial charge in [0.15, 0.2) is 0 Å². The van der Waals surface area contributed by atoms with Crippen LogP contribution in [-0.4, -0.2) is 58.0 Å². The molecule has 0 bridgehead atoms. The van der Waals surface area contributed by atoms with E-state index in [4.69, 9.17) is 0 Å². The van der Waals surface area contributed by atoms with E-state index in [1.54, 1.807) is 6.20 Å². The fourth-order valence-electron chi connectivity index (χ4n) is 4.04. The summed E-state index contributed by atoms with van der Waals surface area (Å²) in [5.74, 6) is 0.626. The molecule has 1 aromatic carbocycles. The Balaban J connectivity index is 1.91. The van der Waals surface area contributed by atoms with Crippen molar-refractivity contribution in [1.82, 2.24) is 30.4 Å². The van der Waals surface area contributed by atoms with Crippen molar-refractivity contribution in [2.75, 3.05) is 19.6 Å². The molecule has 35 heavy (non-hydrogen) atoms. The first kappa shape index (κ1) is 28.5. The van der Waals surface area contributed by atoms with Gasteiger partial charge in [0.05, 0.1) is 6.54 Å². The van der Waals surface area contributed by atoms with Crippen LogP contribution in [0.3, 0.4) is 0 Å². The average molecular weight is 485 g/mol. The molecule has 0 saturated heterocycles. The SMILES string of the molecule is CCCN(CCC)CCC[C@H](NC(=O)c1ccc(CNCc2nccn2C)cc1)C(=O)NC(C)C. The Bertz CT molecular complexity index is 887. The highest BCUT2D eigenvalue weighted by Gasteiger charge is 2.22. The molecule has 0 spiro atoms. The molecule has 8 heteroatoms. The van der Waals surface area contributed by atoms with E-state index < -0.39 is 6.04 Å². The van der Waals surface area contributed by atoms with Gasteiger partial charge in [-0.3, -0.25) is 9.59 Å². The maximum absolute atomic E-state index is 12.9. The van der Waals surface area contributed by atoms with Crippen molar-refractivity contribution < 1.29 is 9.59 Å². The molecule has 0 saturated carbocycles. The van der Waals surface area contributed by atoms with Crippen LogP contribution in [0.5, 0.6) is 0 Å². The quantitative estimate of drug-likeness (QED) is 0.340. The minimum absolute atomic E-state index is 0.0242. The first-order valence-corrected chi connectivity index (χ1v) is 12.9. The summed E-state index contributed by atoms with van der Waals surface area (Å²) in [6.45, 7) is 12.6. The molecule has 3 N–H and O–H groups in total. The van der Waals surface area contributed by atoms with Crippen molar-refractivity contribution in [1.29, 1.82) is 0 Å². The van der Waals surface area contributed by atoms with Crippen molar-refractivity contribution >= 4 is 11.8 Å². The zero-order valence-electron chi connectivity index (χ0n) is 22.1. The van der Waals surface area contributed by atoms with Crippen LogP contribution in [0.2, 0.25) is 0 Å². The number of carbonyl (C=O) groups is 2.